The molecule has 0 saturated carbocycles. The molecule has 2 aliphatic heterocycles. The molecule has 0 aliphatic carbocycles. The van der Waals surface area contributed by atoms with E-state index in [0.29, 0.717) is 46.5 Å². The maximum atomic E-state index is 12.7. The molecule has 0 fully saturated rings. The van der Waals surface area contributed by atoms with Gasteiger partial charge in [0, 0.05) is 17.6 Å². The number of carbonyl (C=O) groups is 2. The smallest absolute Gasteiger partial charge is 0.311 e. The molecule has 0 saturated heterocycles. The van der Waals surface area contributed by atoms with Crippen molar-refractivity contribution in [3.63, 3.8) is 0 Å². The van der Waals surface area contributed by atoms with Crippen molar-refractivity contribution in [2.24, 2.45) is 5.16 Å². The summed E-state index contributed by atoms with van der Waals surface area (Å²) in [4.78, 5) is 29.2. The summed E-state index contributed by atoms with van der Waals surface area (Å²) < 4.78 is 19.3. The van der Waals surface area contributed by atoms with Gasteiger partial charge in [-0.1, -0.05) is 21.1 Å². The van der Waals surface area contributed by atoms with E-state index in [1.165, 1.54) is 13.4 Å². The van der Waals surface area contributed by atoms with E-state index in [0.717, 1.165) is 14.5 Å². The quantitative estimate of drug-likeness (QED) is 0.250. The molecule has 11 nitrogen and oxygen atoms in total. The number of carbonyl (C=O) groups excluding carboxylic acids is 2. The Hall–Kier alpha value is -1.65. The highest BCUT2D eigenvalue weighted by Gasteiger charge is 2.54. The maximum Gasteiger partial charge on any atom is 0.311 e. The van der Waals surface area contributed by atoms with Crippen LogP contribution >= 0.6 is 63.7 Å². The normalized spacial score (nSPS) is 20.7. The number of hydrogen-bond acceptors (Lipinski definition) is 9. The lowest BCUT2D eigenvalue weighted by atomic mass is 10.0. The minimum Gasteiger partial charge on any atom is -0.495 e. The van der Waals surface area contributed by atoms with Crippen molar-refractivity contribution >= 4 is 81.2 Å². The molecule has 1 aromatic rings. The Labute approximate surface area is 252 Å². The second-order valence-corrected chi connectivity index (χ2v) is 11.6. The standard InChI is InChI=1S/C23H25Br4N3O8/c1-35-19-15(26)9-23(37-11-16(19)27)21(33)18(30-38-23)22(34)29-4-2-6-36-20-13(24)7-12(8-14(20)25)3-5-28-17(32)10-31/h7-8,11,21,31,33H,2-6,9-10H2,1H3,(H,28,32)(H,29,34). The molecule has 208 valence electrons. The van der Waals surface area contributed by atoms with Gasteiger partial charge in [-0.3, -0.25) is 9.59 Å². The molecule has 2 unspecified atom stereocenters. The Morgan fingerprint density at radius 3 is 2.55 bits per heavy atom. The minimum absolute atomic E-state index is 0.0525. The topological polar surface area (TPSA) is 148 Å². The van der Waals surface area contributed by atoms with E-state index in [-0.39, 0.29) is 18.7 Å². The number of rotatable bonds is 11. The van der Waals surface area contributed by atoms with Crippen LogP contribution in [0.5, 0.6) is 5.75 Å². The molecule has 0 bridgehead atoms. The van der Waals surface area contributed by atoms with Crippen molar-refractivity contribution in [2.45, 2.75) is 31.2 Å². The highest BCUT2D eigenvalue weighted by atomic mass is 79.9. The third-order valence-corrected chi connectivity index (χ3v) is 7.79. The Bertz CT molecular complexity index is 1140. The van der Waals surface area contributed by atoms with Crippen LogP contribution in [0.25, 0.3) is 0 Å². The van der Waals surface area contributed by atoms with Crippen LogP contribution in [0, 0.1) is 0 Å². The summed E-state index contributed by atoms with van der Waals surface area (Å²) in [7, 11) is 1.49. The second kappa shape index (κ2) is 14.1. The van der Waals surface area contributed by atoms with E-state index < -0.39 is 30.3 Å². The summed E-state index contributed by atoms with van der Waals surface area (Å²) in [6.07, 6.45) is 0.988. The lowest BCUT2D eigenvalue weighted by Gasteiger charge is -2.27. The van der Waals surface area contributed by atoms with Gasteiger partial charge in [0.15, 0.2) is 11.8 Å². The molecule has 2 amide bonds. The zero-order valence-corrected chi connectivity index (χ0v) is 26.4. The van der Waals surface area contributed by atoms with Gasteiger partial charge >= 0.3 is 5.79 Å². The zero-order chi connectivity index (χ0) is 27.9. The molecule has 2 heterocycles. The van der Waals surface area contributed by atoms with Crippen molar-refractivity contribution in [1.29, 1.82) is 0 Å². The Morgan fingerprint density at radius 2 is 1.89 bits per heavy atom. The summed E-state index contributed by atoms with van der Waals surface area (Å²) in [5.74, 6) is -1.55. The van der Waals surface area contributed by atoms with Crippen LogP contribution in [0.15, 0.2) is 47.2 Å². The lowest BCUT2D eigenvalue weighted by molar-refractivity contribution is -0.225. The molecular weight excluding hydrogens is 766 g/mol. The first-order valence-electron chi connectivity index (χ1n) is 11.3. The van der Waals surface area contributed by atoms with Crippen LogP contribution in [0.2, 0.25) is 0 Å². The molecule has 4 N–H and O–H groups in total. The summed E-state index contributed by atoms with van der Waals surface area (Å²) in [5.41, 5.74) is 0.756. The van der Waals surface area contributed by atoms with E-state index in [1.54, 1.807) is 0 Å². The summed E-state index contributed by atoms with van der Waals surface area (Å²) >= 11 is 13.7. The number of oxime groups is 1. The first-order valence-corrected chi connectivity index (χ1v) is 14.5. The Balaban J connectivity index is 1.46. The maximum absolute atomic E-state index is 12.7. The number of nitrogens with zero attached hydrogens (tertiary/aromatic N) is 1. The van der Waals surface area contributed by atoms with E-state index in [4.69, 9.17) is 24.2 Å². The van der Waals surface area contributed by atoms with Gasteiger partial charge in [-0.15, -0.1) is 0 Å². The van der Waals surface area contributed by atoms with Crippen molar-refractivity contribution < 1.29 is 38.9 Å². The molecule has 2 aliphatic rings. The van der Waals surface area contributed by atoms with Gasteiger partial charge in [-0.2, -0.15) is 0 Å². The molecular formula is C23H25Br4N3O8. The highest BCUT2D eigenvalue weighted by Crippen LogP contribution is 2.41. The van der Waals surface area contributed by atoms with Crippen LogP contribution < -0.4 is 15.4 Å². The predicted molar refractivity (Wildman–Crippen MR) is 152 cm³/mol. The Morgan fingerprint density at radius 1 is 1.18 bits per heavy atom. The molecule has 1 spiro atoms. The number of hydrogen-bond donors (Lipinski definition) is 4. The lowest BCUT2D eigenvalue weighted by Crippen LogP contribution is -2.49. The first kappa shape index (κ1) is 30.9. The molecule has 2 atom stereocenters. The summed E-state index contributed by atoms with van der Waals surface area (Å²) in [6, 6.07) is 3.77. The van der Waals surface area contributed by atoms with Crippen LogP contribution in [0.1, 0.15) is 18.4 Å². The summed E-state index contributed by atoms with van der Waals surface area (Å²) in [5, 5.41) is 28.7. The SMILES string of the molecule is COC1=C(Br)CC2(OC=C1Br)ON=C(C(=O)NCCCOc1c(Br)cc(CCNC(=O)CO)cc1Br)C2O. The number of ether oxygens (including phenoxy) is 3. The Kier molecular flexibility index (Phi) is 11.5. The minimum atomic E-state index is -1.61. The largest absolute Gasteiger partial charge is 0.495 e. The third-order valence-electron chi connectivity index (χ3n) is 5.43. The van der Waals surface area contributed by atoms with Gasteiger partial charge in [0.05, 0.1) is 33.6 Å². The molecule has 38 heavy (non-hydrogen) atoms. The van der Waals surface area contributed by atoms with E-state index in [2.05, 4.69) is 79.5 Å². The number of aliphatic hydroxyl groups excluding tert-OH is 2. The fraction of sp³-hybridized carbons (Fsp3) is 0.435. The van der Waals surface area contributed by atoms with Crippen LogP contribution in [-0.4, -0.2) is 73.0 Å². The van der Waals surface area contributed by atoms with Gasteiger partial charge in [0.2, 0.25) is 5.91 Å². The van der Waals surface area contributed by atoms with Gasteiger partial charge in [0.1, 0.15) is 24.4 Å². The molecule has 0 aromatic heterocycles. The van der Waals surface area contributed by atoms with E-state index >= 15 is 0 Å². The predicted octanol–water partition coefficient (Wildman–Crippen LogP) is 3.10. The van der Waals surface area contributed by atoms with Gasteiger partial charge in [-0.05, 0) is 78.3 Å². The van der Waals surface area contributed by atoms with Crippen molar-refractivity contribution in [3.8, 4) is 5.75 Å². The van der Waals surface area contributed by atoms with Crippen LogP contribution in [0.4, 0.5) is 0 Å². The monoisotopic (exact) mass is 787 g/mol. The number of amides is 2. The first-order chi connectivity index (χ1) is 18.1. The van der Waals surface area contributed by atoms with Crippen molar-refractivity contribution in [3.05, 3.63) is 47.6 Å². The second-order valence-electron chi connectivity index (χ2n) is 8.09. The van der Waals surface area contributed by atoms with Gasteiger partial charge in [0.25, 0.3) is 5.91 Å². The van der Waals surface area contributed by atoms with Crippen LogP contribution in [0.3, 0.4) is 0 Å². The number of methoxy groups -OCH3 is 1. The number of benzene rings is 1. The zero-order valence-electron chi connectivity index (χ0n) is 20.1. The molecule has 15 heteroatoms. The number of halogens is 4. The summed E-state index contributed by atoms with van der Waals surface area (Å²) in [6.45, 7) is 0.420. The fourth-order valence-electron chi connectivity index (χ4n) is 3.53. The van der Waals surface area contributed by atoms with Crippen molar-refractivity contribution in [2.75, 3.05) is 33.4 Å². The van der Waals surface area contributed by atoms with Gasteiger partial charge < -0.3 is 39.9 Å². The molecule has 3 rings (SSSR count). The number of nitrogens with one attached hydrogen (secondary N) is 2. The average Bonchev–Trinajstić information content (AvgIpc) is 3.12. The van der Waals surface area contributed by atoms with Crippen molar-refractivity contribution in [1.82, 2.24) is 10.6 Å². The average molecular weight is 791 g/mol. The van der Waals surface area contributed by atoms with Crippen LogP contribution in [-0.2, 0) is 30.3 Å². The molecule has 1 aromatic carbocycles. The van der Waals surface area contributed by atoms with Gasteiger partial charge in [-0.25, -0.2) is 0 Å². The number of aliphatic hydroxyl groups is 2. The van der Waals surface area contributed by atoms with E-state index in [1.807, 2.05) is 12.1 Å². The third kappa shape index (κ3) is 7.50. The molecule has 0 radical (unpaired) electrons. The number of allylic oxidation sites excluding steroid dienone is 1. The van der Waals surface area contributed by atoms with E-state index in [9.17, 15) is 14.7 Å². The fourth-order valence-corrected chi connectivity index (χ4v) is 6.57. The highest BCUT2D eigenvalue weighted by molar-refractivity contribution is 9.12.